The standard InChI is InChI=1S/C16H15Cl2NO3S/c1-4-22-16(21)13-8(2)9(3)23-15(13)19-7-10-5-11(17)6-12(18)14(10)20/h5-7,20H,4H2,1-3H3/b19-7+. The fourth-order valence-corrected chi connectivity index (χ4v) is 3.45. The SMILES string of the molecule is CCOC(=O)c1c(/N=C/c2cc(Cl)cc(Cl)c2O)sc(C)c1C. The molecule has 0 amide bonds. The molecular formula is C16H15Cl2NO3S. The molecule has 0 fully saturated rings. The highest BCUT2D eigenvalue weighted by molar-refractivity contribution is 7.16. The van der Waals surface area contributed by atoms with E-state index in [4.69, 9.17) is 27.9 Å². The van der Waals surface area contributed by atoms with E-state index in [2.05, 4.69) is 4.99 Å². The molecule has 0 atom stereocenters. The van der Waals surface area contributed by atoms with Gasteiger partial charge in [0.15, 0.2) is 0 Å². The third-order valence-corrected chi connectivity index (χ3v) is 4.85. The number of aromatic hydroxyl groups is 1. The zero-order valence-corrected chi connectivity index (χ0v) is 15.1. The summed E-state index contributed by atoms with van der Waals surface area (Å²) in [7, 11) is 0. The Bertz CT molecular complexity index is 784. The molecule has 0 aliphatic heterocycles. The Kier molecular flexibility index (Phi) is 5.68. The van der Waals surface area contributed by atoms with Crippen LogP contribution in [-0.2, 0) is 4.74 Å². The Balaban J connectivity index is 2.45. The lowest BCUT2D eigenvalue weighted by Crippen LogP contribution is -2.05. The number of nitrogens with zero attached hydrogens (tertiary/aromatic N) is 1. The van der Waals surface area contributed by atoms with Crippen molar-refractivity contribution in [3.8, 4) is 5.75 Å². The largest absolute Gasteiger partial charge is 0.506 e. The number of hydrogen-bond acceptors (Lipinski definition) is 5. The Morgan fingerprint density at radius 3 is 2.74 bits per heavy atom. The highest BCUT2D eigenvalue weighted by atomic mass is 35.5. The minimum atomic E-state index is -0.408. The van der Waals surface area contributed by atoms with Crippen LogP contribution in [0.2, 0.25) is 10.0 Å². The van der Waals surface area contributed by atoms with Gasteiger partial charge in [0, 0.05) is 21.7 Å². The third-order valence-electron chi connectivity index (χ3n) is 3.22. The summed E-state index contributed by atoms with van der Waals surface area (Å²) in [6, 6.07) is 2.99. The molecule has 0 bridgehead atoms. The van der Waals surface area contributed by atoms with Gasteiger partial charge in [-0.2, -0.15) is 0 Å². The number of benzene rings is 1. The van der Waals surface area contributed by atoms with Crippen LogP contribution in [0.3, 0.4) is 0 Å². The first-order valence-electron chi connectivity index (χ1n) is 6.84. The van der Waals surface area contributed by atoms with Crippen LogP contribution < -0.4 is 0 Å². The first-order chi connectivity index (χ1) is 10.8. The van der Waals surface area contributed by atoms with Gasteiger partial charge in [0.25, 0.3) is 0 Å². The van der Waals surface area contributed by atoms with Gasteiger partial charge in [-0.1, -0.05) is 23.2 Å². The van der Waals surface area contributed by atoms with Gasteiger partial charge in [0.1, 0.15) is 10.8 Å². The molecule has 0 radical (unpaired) electrons. The number of halogens is 2. The predicted molar refractivity (Wildman–Crippen MR) is 95.1 cm³/mol. The van der Waals surface area contributed by atoms with E-state index in [1.807, 2.05) is 13.8 Å². The number of thiophene rings is 1. The molecule has 0 aliphatic carbocycles. The number of aryl methyl sites for hydroxylation is 1. The van der Waals surface area contributed by atoms with Gasteiger partial charge >= 0.3 is 5.97 Å². The van der Waals surface area contributed by atoms with E-state index in [0.717, 1.165) is 10.4 Å². The summed E-state index contributed by atoms with van der Waals surface area (Å²) in [5, 5.41) is 11.0. The van der Waals surface area contributed by atoms with Gasteiger partial charge in [-0.25, -0.2) is 9.79 Å². The summed E-state index contributed by atoms with van der Waals surface area (Å²) >= 11 is 13.2. The molecule has 0 unspecified atom stereocenters. The van der Waals surface area contributed by atoms with Crippen molar-refractivity contribution in [2.45, 2.75) is 20.8 Å². The zero-order chi connectivity index (χ0) is 17.1. The van der Waals surface area contributed by atoms with Crippen LogP contribution in [0.15, 0.2) is 17.1 Å². The van der Waals surface area contributed by atoms with E-state index in [1.54, 1.807) is 13.0 Å². The fourth-order valence-electron chi connectivity index (χ4n) is 1.96. The van der Waals surface area contributed by atoms with E-state index < -0.39 is 5.97 Å². The molecule has 0 saturated heterocycles. The summed E-state index contributed by atoms with van der Waals surface area (Å²) in [5.74, 6) is -0.516. The second-order valence-electron chi connectivity index (χ2n) is 4.77. The molecule has 2 rings (SSSR count). The summed E-state index contributed by atoms with van der Waals surface area (Å²) in [6.07, 6.45) is 1.43. The van der Waals surface area contributed by atoms with Crippen molar-refractivity contribution < 1.29 is 14.6 Å². The number of hydrogen-bond donors (Lipinski definition) is 1. The van der Waals surface area contributed by atoms with Crippen molar-refractivity contribution >= 4 is 51.7 Å². The molecular weight excluding hydrogens is 357 g/mol. The average molecular weight is 372 g/mol. The molecule has 23 heavy (non-hydrogen) atoms. The van der Waals surface area contributed by atoms with Crippen molar-refractivity contribution in [2.75, 3.05) is 6.61 Å². The Labute approximate surface area is 148 Å². The highest BCUT2D eigenvalue weighted by Crippen LogP contribution is 2.36. The maximum atomic E-state index is 12.1. The number of rotatable bonds is 4. The minimum Gasteiger partial charge on any atom is -0.506 e. The van der Waals surface area contributed by atoms with E-state index in [-0.39, 0.29) is 10.8 Å². The van der Waals surface area contributed by atoms with Gasteiger partial charge in [0.05, 0.1) is 17.2 Å². The molecule has 1 aromatic carbocycles. The summed E-state index contributed by atoms with van der Waals surface area (Å²) in [5.41, 5.74) is 1.66. The molecule has 0 saturated carbocycles. The van der Waals surface area contributed by atoms with Crippen molar-refractivity contribution in [2.24, 2.45) is 4.99 Å². The first-order valence-corrected chi connectivity index (χ1v) is 8.41. The van der Waals surface area contributed by atoms with Crippen molar-refractivity contribution in [1.82, 2.24) is 0 Å². The van der Waals surface area contributed by atoms with Crippen LogP contribution in [0, 0.1) is 13.8 Å². The van der Waals surface area contributed by atoms with Gasteiger partial charge in [-0.05, 0) is 38.5 Å². The van der Waals surface area contributed by atoms with Gasteiger partial charge in [0.2, 0.25) is 0 Å². The quantitative estimate of drug-likeness (QED) is 0.585. The van der Waals surface area contributed by atoms with E-state index in [9.17, 15) is 9.90 Å². The molecule has 1 aromatic heterocycles. The third kappa shape index (κ3) is 3.86. The second-order valence-corrected chi connectivity index (χ2v) is 6.81. The van der Waals surface area contributed by atoms with Gasteiger partial charge < -0.3 is 9.84 Å². The van der Waals surface area contributed by atoms with Gasteiger partial charge in [-0.15, -0.1) is 11.3 Å². The number of aliphatic imine (C=N–C) groups is 1. The summed E-state index contributed by atoms with van der Waals surface area (Å²) in [6.45, 7) is 5.81. The van der Waals surface area contributed by atoms with E-state index in [1.165, 1.54) is 23.6 Å². The van der Waals surface area contributed by atoms with E-state index >= 15 is 0 Å². The zero-order valence-electron chi connectivity index (χ0n) is 12.8. The Hall–Kier alpha value is -1.56. The molecule has 0 aliphatic rings. The molecule has 4 nitrogen and oxygen atoms in total. The lowest BCUT2D eigenvalue weighted by atomic mass is 10.1. The van der Waals surface area contributed by atoms with Crippen LogP contribution >= 0.6 is 34.5 Å². The van der Waals surface area contributed by atoms with E-state index in [0.29, 0.717) is 27.8 Å². The van der Waals surface area contributed by atoms with Crippen LogP contribution in [0.4, 0.5) is 5.00 Å². The maximum absolute atomic E-state index is 12.1. The fraction of sp³-hybridized carbons (Fsp3) is 0.250. The minimum absolute atomic E-state index is 0.109. The normalized spacial score (nSPS) is 11.2. The number of carbonyl (C=O) groups excluding carboxylic acids is 1. The molecule has 0 spiro atoms. The van der Waals surface area contributed by atoms with Crippen molar-refractivity contribution in [3.63, 3.8) is 0 Å². The van der Waals surface area contributed by atoms with Gasteiger partial charge in [-0.3, -0.25) is 0 Å². The average Bonchev–Trinajstić information content (AvgIpc) is 2.76. The number of ether oxygens (including phenoxy) is 1. The van der Waals surface area contributed by atoms with Crippen molar-refractivity contribution in [1.29, 1.82) is 0 Å². The van der Waals surface area contributed by atoms with Crippen LogP contribution in [0.5, 0.6) is 5.75 Å². The first kappa shape index (κ1) is 17.8. The topological polar surface area (TPSA) is 58.9 Å². The number of phenolic OH excluding ortho intramolecular Hbond substituents is 1. The molecule has 2 aromatic rings. The number of esters is 1. The Morgan fingerprint density at radius 1 is 1.39 bits per heavy atom. The number of carbonyl (C=O) groups is 1. The highest BCUT2D eigenvalue weighted by Gasteiger charge is 2.20. The van der Waals surface area contributed by atoms with Crippen LogP contribution in [0.1, 0.15) is 33.3 Å². The molecule has 122 valence electrons. The summed E-state index contributed by atoms with van der Waals surface area (Å²) < 4.78 is 5.08. The summed E-state index contributed by atoms with van der Waals surface area (Å²) in [4.78, 5) is 17.4. The molecule has 1 N–H and O–H groups in total. The molecule has 1 heterocycles. The van der Waals surface area contributed by atoms with Crippen LogP contribution in [0.25, 0.3) is 0 Å². The lowest BCUT2D eigenvalue weighted by molar-refractivity contribution is 0.0527. The smallest absolute Gasteiger partial charge is 0.341 e. The Morgan fingerprint density at radius 2 is 2.09 bits per heavy atom. The molecule has 7 heteroatoms. The second kappa shape index (κ2) is 7.34. The number of phenols is 1. The predicted octanol–water partition coefficient (Wildman–Crippen LogP) is 5.30. The van der Waals surface area contributed by atoms with Crippen LogP contribution in [-0.4, -0.2) is 23.9 Å². The lowest BCUT2D eigenvalue weighted by Gasteiger charge is -2.04. The van der Waals surface area contributed by atoms with Crippen molar-refractivity contribution in [3.05, 3.63) is 43.7 Å². The maximum Gasteiger partial charge on any atom is 0.341 e. The monoisotopic (exact) mass is 371 g/mol.